The molecule has 2 fully saturated rings. The fourth-order valence-electron chi connectivity index (χ4n) is 3.78. The van der Waals surface area contributed by atoms with Gasteiger partial charge in [-0.15, -0.1) is 0 Å². The molecule has 24 heavy (non-hydrogen) atoms. The van der Waals surface area contributed by atoms with E-state index in [2.05, 4.69) is 0 Å². The highest BCUT2D eigenvalue weighted by molar-refractivity contribution is 7.89. The van der Waals surface area contributed by atoms with E-state index in [-0.39, 0.29) is 23.5 Å². The van der Waals surface area contributed by atoms with E-state index in [0.717, 1.165) is 31.2 Å². The predicted molar refractivity (Wildman–Crippen MR) is 91.0 cm³/mol. The van der Waals surface area contributed by atoms with Gasteiger partial charge >= 0.3 is 5.97 Å². The van der Waals surface area contributed by atoms with Gasteiger partial charge in [-0.05, 0) is 44.7 Å². The number of aryl methyl sites for hydroxylation is 1. The second-order valence-electron chi connectivity index (χ2n) is 6.73. The number of benzene rings is 1. The molecule has 2 aliphatic rings. The van der Waals surface area contributed by atoms with E-state index in [1.165, 1.54) is 10.7 Å². The van der Waals surface area contributed by atoms with Crippen molar-refractivity contribution in [1.82, 2.24) is 4.31 Å². The minimum Gasteiger partial charge on any atom is -0.465 e. The van der Waals surface area contributed by atoms with Crippen molar-refractivity contribution in [3.05, 3.63) is 29.8 Å². The molecule has 6 heteroatoms. The molecule has 0 radical (unpaired) electrons. The zero-order valence-corrected chi connectivity index (χ0v) is 15.1. The summed E-state index contributed by atoms with van der Waals surface area (Å²) in [6, 6.07) is 5.90. The van der Waals surface area contributed by atoms with Crippen molar-refractivity contribution in [2.24, 2.45) is 5.92 Å². The summed E-state index contributed by atoms with van der Waals surface area (Å²) >= 11 is 0. The summed E-state index contributed by atoms with van der Waals surface area (Å²) in [5.41, 5.74) is 1.01. The van der Waals surface area contributed by atoms with Gasteiger partial charge in [0.15, 0.2) is 0 Å². The molecular weight excluding hydrogens is 326 g/mol. The normalized spacial score (nSPS) is 27.7. The van der Waals surface area contributed by atoms with Crippen molar-refractivity contribution in [1.29, 1.82) is 0 Å². The van der Waals surface area contributed by atoms with E-state index in [1.54, 1.807) is 31.2 Å². The zero-order chi connectivity index (χ0) is 17.3. The van der Waals surface area contributed by atoms with Gasteiger partial charge in [0.1, 0.15) is 6.04 Å². The Bertz CT molecular complexity index is 692. The summed E-state index contributed by atoms with van der Waals surface area (Å²) in [7, 11) is -3.66. The van der Waals surface area contributed by atoms with Gasteiger partial charge in [-0.25, -0.2) is 8.42 Å². The highest BCUT2D eigenvalue weighted by Gasteiger charge is 2.63. The van der Waals surface area contributed by atoms with Gasteiger partial charge in [-0.2, -0.15) is 4.31 Å². The number of nitrogens with zero attached hydrogens (tertiary/aromatic N) is 1. The van der Waals surface area contributed by atoms with Crippen LogP contribution in [0.2, 0.25) is 0 Å². The predicted octanol–water partition coefficient (Wildman–Crippen LogP) is 2.88. The SMILES string of the molecule is CCOC(=O)[C@H]1[C@@H](C2CCCCC2)N1S(=O)(=O)c1ccc(C)cc1. The number of hydrogen-bond acceptors (Lipinski definition) is 4. The number of ether oxygens (including phenoxy) is 1. The largest absolute Gasteiger partial charge is 0.465 e. The first-order valence-corrected chi connectivity index (χ1v) is 10.2. The van der Waals surface area contributed by atoms with Crippen LogP contribution in [-0.4, -0.2) is 37.4 Å². The maximum Gasteiger partial charge on any atom is 0.326 e. The second-order valence-corrected chi connectivity index (χ2v) is 8.58. The first-order valence-electron chi connectivity index (χ1n) is 8.73. The number of hydrogen-bond donors (Lipinski definition) is 0. The van der Waals surface area contributed by atoms with Gasteiger partial charge in [-0.1, -0.05) is 37.0 Å². The molecule has 0 bridgehead atoms. The molecule has 1 aliphatic heterocycles. The van der Waals surface area contributed by atoms with E-state index in [4.69, 9.17) is 4.74 Å². The smallest absolute Gasteiger partial charge is 0.326 e. The van der Waals surface area contributed by atoms with E-state index < -0.39 is 22.0 Å². The number of carbonyl (C=O) groups excluding carboxylic acids is 1. The lowest BCUT2D eigenvalue weighted by atomic mass is 9.86. The Morgan fingerprint density at radius 2 is 1.79 bits per heavy atom. The Balaban J connectivity index is 1.87. The monoisotopic (exact) mass is 351 g/mol. The number of sulfonamides is 1. The Kier molecular flexibility index (Phi) is 4.97. The van der Waals surface area contributed by atoms with E-state index in [1.807, 2.05) is 6.92 Å². The molecule has 1 heterocycles. The lowest BCUT2D eigenvalue weighted by molar-refractivity contribution is -0.143. The topological polar surface area (TPSA) is 63.5 Å². The van der Waals surface area contributed by atoms with Crippen LogP contribution in [0.1, 0.15) is 44.6 Å². The van der Waals surface area contributed by atoms with Gasteiger partial charge < -0.3 is 4.74 Å². The number of rotatable bonds is 5. The number of carbonyl (C=O) groups is 1. The molecule has 1 saturated carbocycles. The third kappa shape index (κ3) is 3.22. The molecule has 1 aromatic rings. The fourth-order valence-corrected chi connectivity index (χ4v) is 5.57. The van der Waals surface area contributed by atoms with Crippen LogP contribution in [0, 0.1) is 12.8 Å². The Hall–Kier alpha value is -1.40. The zero-order valence-electron chi connectivity index (χ0n) is 14.3. The molecule has 1 aromatic carbocycles. The average Bonchev–Trinajstić information content (AvgIpc) is 3.33. The number of esters is 1. The minimum absolute atomic E-state index is 0.240. The van der Waals surface area contributed by atoms with Gasteiger partial charge in [0, 0.05) is 0 Å². The van der Waals surface area contributed by atoms with Crippen LogP contribution in [0.25, 0.3) is 0 Å². The van der Waals surface area contributed by atoms with E-state index in [0.29, 0.717) is 0 Å². The molecule has 3 rings (SSSR count). The summed E-state index contributed by atoms with van der Waals surface area (Å²) < 4.78 is 32.5. The molecule has 5 nitrogen and oxygen atoms in total. The third-order valence-corrected chi connectivity index (χ3v) is 6.95. The van der Waals surface area contributed by atoms with E-state index in [9.17, 15) is 13.2 Å². The first-order chi connectivity index (χ1) is 11.5. The third-order valence-electron chi connectivity index (χ3n) is 5.06. The van der Waals surface area contributed by atoms with Gasteiger partial charge in [-0.3, -0.25) is 4.79 Å². The average molecular weight is 351 g/mol. The van der Waals surface area contributed by atoms with Crippen LogP contribution in [0.3, 0.4) is 0 Å². The minimum atomic E-state index is -3.66. The molecule has 0 spiro atoms. The highest BCUT2D eigenvalue weighted by atomic mass is 32.2. The maximum absolute atomic E-state index is 13.0. The summed E-state index contributed by atoms with van der Waals surface area (Å²) in [5.74, 6) is -0.155. The molecule has 132 valence electrons. The molecule has 1 aliphatic carbocycles. The summed E-state index contributed by atoms with van der Waals surface area (Å²) in [5, 5.41) is 0. The van der Waals surface area contributed by atoms with Crippen molar-refractivity contribution < 1.29 is 17.9 Å². The van der Waals surface area contributed by atoms with Crippen LogP contribution >= 0.6 is 0 Å². The summed E-state index contributed by atoms with van der Waals surface area (Å²) in [6.45, 7) is 3.93. The summed E-state index contributed by atoms with van der Waals surface area (Å²) in [6.07, 6.45) is 5.38. The molecule has 1 saturated heterocycles. The lowest BCUT2D eigenvalue weighted by Gasteiger charge is -2.21. The van der Waals surface area contributed by atoms with Crippen LogP contribution in [0.5, 0.6) is 0 Å². The molecular formula is C18H25NO4S. The fraction of sp³-hybridized carbons (Fsp3) is 0.611. The van der Waals surface area contributed by atoms with Gasteiger partial charge in [0.05, 0.1) is 17.5 Å². The highest BCUT2D eigenvalue weighted by Crippen LogP contribution is 2.45. The summed E-state index contributed by atoms with van der Waals surface area (Å²) in [4.78, 5) is 12.5. The Labute approximate surface area is 144 Å². The standard InChI is InChI=1S/C18H25NO4S/c1-3-23-18(20)17-16(14-7-5-4-6-8-14)19(17)24(21,22)15-11-9-13(2)10-12-15/h9-12,14,16-17H,3-8H2,1-2H3/t16-,17-,19?/m1/s1. The maximum atomic E-state index is 13.0. The molecule has 1 unspecified atom stereocenters. The Morgan fingerprint density at radius 3 is 2.38 bits per heavy atom. The molecule has 0 amide bonds. The second kappa shape index (κ2) is 6.84. The van der Waals surface area contributed by atoms with Crippen molar-refractivity contribution in [2.45, 2.75) is 62.9 Å². The molecule has 3 atom stereocenters. The molecule has 0 aromatic heterocycles. The van der Waals surface area contributed by atoms with Crippen molar-refractivity contribution >= 4 is 16.0 Å². The van der Waals surface area contributed by atoms with Crippen molar-refractivity contribution in [3.8, 4) is 0 Å². The van der Waals surface area contributed by atoms with Gasteiger partial charge in [0.25, 0.3) is 0 Å². The molecule has 0 N–H and O–H groups in total. The van der Waals surface area contributed by atoms with Crippen LogP contribution < -0.4 is 0 Å². The Morgan fingerprint density at radius 1 is 1.17 bits per heavy atom. The van der Waals surface area contributed by atoms with E-state index >= 15 is 0 Å². The first kappa shape index (κ1) is 17.4. The van der Waals surface area contributed by atoms with Crippen molar-refractivity contribution in [3.63, 3.8) is 0 Å². The van der Waals surface area contributed by atoms with Crippen LogP contribution in [-0.2, 0) is 19.6 Å². The van der Waals surface area contributed by atoms with Crippen molar-refractivity contribution in [2.75, 3.05) is 6.61 Å². The van der Waals surface area contributed by atoms with Crippen LogP contribution in [0.15, 0.2) is 29.2 Å². The van der Waals surface area contributed by atoms with Gasteiger partial charge in [0.2, 0.25) is 10.0 Å². The quantitative estimate of drug-likeness (QED) is 0.604. The lowest BCUT2D eigenvalue weighted by Crippen LogP contribution is -2.21. The van der Waals surface area contributed by atoms with Crippen LogP contribution in [0.4, 0.5) is 0 Å².